The largest absolute Gasteiger partial charge is 0.486 e. The molecule has 1 aromatic carbocycles. The number of nitrogens with one attached hydrogen (secondary N) is 2. The fraction of sp³-hybridized carbons (Fsp3) is 0.412. The van der Waals surface area contributed by atoms with E-state index in [1.54, 1.807) is 6.20 Å². The highest BCUT2D eigenvalue weighted by Gasteiger charge is 2.30. The van der Waals surface area contributed by atoms with Gasteiger partial charge in [0.05, 0.1) is 18.3 Å². The molecule has 0 aliphatic carbocycles. The molecule has 0 saturated carbocycles. The maximum absolute atomic E-state index is 12.5. The first kappa shape index (κ1) is 14.9. The van der Waals surface area contributed by atoms with Crippen molar-refractivity contribution in [3.8, 4) is 11.5 Å². The molecule has 1 atom stereocenters. The maximum atomic E-state index is 12.5. The van der Waals surface area contributed by atoms with Gasteiger partial charge in [-0.25, -0.2) is 4.79 Å². The van der Waals surface area contributed by atoms with Gasteiger partial charge in [-0.2, -0.15) is 5.10 Å². The molecule has 2 aliphatic rings. The van der Waals surface area contributed by atoms with Crippen LogP contribution in [0.4, 0.5) is 4.79 Å². The van der Waals surface area contributed by atoms with E-state index in [0.717, 1.165) is 42.1 Å². The molecule has 2 aliphatic heterocycles. The zero-order valence-electron chi connectivity index (χ0n) is 13.3. The van der Waals surface area contributed by atoms with Gasteiger partial charge in [0.15, 0.2) is 11.5 Å². The van der Waals surface area contributed by atoms with Crippen molar-refractivity contribution in [1.82, 2.24) is 20.4 Å². The van der Waals surface area contributed by atoms with Gasteiger partial charge in [-0.15, -0.1) is 0 Å². The van der Waals surface area contributed by atoms with Gasteiger partial charge in [0.1, 0.15) is 13.2 Å². The molecule has 24 heavy (non-hydrogen) atoms. The predicted octanol–water partition coefficient (Wildman–Crippen LogP) is 2.23. The molecule has 3 heterocycles. The van der Waals surface area contributed by atoms with Crippen LogP contribution in [0.2, 0.25) is 0 Å². The monoisotopic (exact) mass is 328 g/mol. The molecule has 0 radical (unpaired) electrons. The molecule has 0 bridgehead atoms. The molecule has 126 valence electrons. The van der Waals surface area contributed by atoms with Gasteiger partial charge in [-0.05, 0) is 36.6 Å². The minimum atomic E-state index is -0.0537. The van der Waals surface area contributed by atoms with Crippen LogP contribution in [0.3, 0.4) is 0 Å². The number of aromatic nitrogens is 2. The molecule has 2 amide bonds. The van der Waals surface area contributed by atoms with E-state index in [-0.39, 0.29) is 12.1 Å². The Kier molecular flexibility index (Phi) is 3.98. The van der Waals surface area contributed by atoms with E-state index in [0.29, 0.717) is 19.8 Å². The normalized spacial score (nSPS) is 19.3. The van der Waals surface area contributed by atoms with E-state index in [1.165, 1.54) is 0 Å². The Hall–Kier alpha value is -2.70. The number of hydrogen-bond donors (Lipinski definition) is 2. The van der Waals surface area contributed by atoms with Crippen LogP contribution >= 0.6 is 0 Å². The second-order valence-corrected chi connectivity index (χ2v) is 6.00. The van der Waals surface area contributed by atoms with Crippen LogP contribution in [0.1, 0.15) is 30.1 Å². The van der Waals surface area contributed by atoms with Crippen molar-refractivity contribution in [2.45, 2.75) is 25.4 Å². The van der Waals surface area contributed by atoms with Crippen molar-refractivity contribution in [1.29, 1.82) is 0 Å². The topological polar surface area (TPSA) is 79.5 Å². The number of amides is 2. The van der Waals surface area contributed by atoms with Crippen molar-refractivity contribution < 1.29 is 14.3 Å². The number of urea groups is 1. The third-order valence-corrected chi connectivity index (χ3v) is 4.45. The lowest BCUT2D eigenvalue weighted by Crippen LogP contribution is -2.39. The van der Waals surface area contributed by atoms with Gasteiger partial charge < -0.3 is 19.7 Å². The van der Waals surface area contributed by atoms with Crippen LogP contribution < -0.4 is 14.8 Å². The summed E-state index contributed by atoms with van der Waals surface area (Å²) in [6.07, 6.45) is 3.63. The highest BCUT2D eigenvalue weighted by molar-refractivity contribution is 5.75. The summed E-state index contributed by atoms with van der Waals surface area (Å²) < 4.78 is 11.2. The summed E-state index contributed by atoms with van der Waals surface area (Å²) in [6, 6.07) is 7.83. The lowest BCUT2D eigenvalue weighted by atomic mass is 10.0. The van der Waals surface area contributed by atoms with Crippen molar-refractivity contribution in [2.75, 3.05) is 19.8 Å². The first-order valence-corrected chi connectivity index (χ1v) is 8.23. The number of rotatable bonds is 3. The number of likely N-dealkylation sites (tertiary alicyclic amines) is 1. The zero-order valence-corrected chi connectivity index (χ0v) is 13.3. The van der Waals surface area contributed by atoms with Gasteiger partial charge in [-0.1, -0.05) is 6.07 Å². The fourth-order valence-corrected chi connectivity index (χ4v) is 3.28. The van der Waals surface area contributed by atoms with Crippen molar-refractivity contribution in [3.63, 3.8) is 0 Å². The Bertz CT molecular complexity index is 717. The maximum Gasteiger partial charge on any atom is 0.318 e. The van der Waals surface area contributed by atoms with Gasteiger partial charge in [0, 0.05) is 12.7 Å². The third kappa shape index (κ3) is 2.89. The van der Waals surface area contributed by atoms with E-state index in [2.05, 4.69) is 15.5 Å². The molecule has 7 nitrogen and oxygen atoms in total. The van der Waals surface area contributed by atoms with E-state index >= 15 is 0 Å². The van der Waals surface area contributed by atoms with Crippen LogP contribution in [0.25, 0.3) is 0 Å². The standard InChI is InChI=1S/C17H20N4O3/c22-17(18-11-13-5-6-19-20-13)21-7-1-2-14(21)12-3-4-15-16(10-12)24-9-8-23-15/h3-6,10,14H,1-2,7-9,11H2,(H,18,22)(H,19,20)/t14-/m0/s1. The lowest BCUT2D eigenvalue weighted by Gasteiger charge is -2.26. The van der Waals surface area contributed by atoms with Gasteiger partial charge in [0.25, 0.3) is 0 Å². The predicted molar refractivity (Wildman–Crippen MR) is 86.9 cm³/mol. The van der Waals surface area contributed by atoms with E-state index in [1.807, 2.05) is 29.2 Å². The molecule has 1 aromatic heterocycles. The average molecular weight is 328 g/mol. The first-order chi connectivity index (χ1) is 11.8. The molecule has 7 heteroatoms. The smallest absolute Gasteiger partial charge is 0.318 e. The molecular formula is C17H20N4O3. The summed E-state index contributed by atoms with van der Waals surface area (Å²) >= 11 is 0. The Labute approximate surface area is 139 Å². The quantitative estimate of drug-likeness (QED) is 0.905. The Morgan fingerprint density at radius 1 is 1.29 bits per heavy atom. The first-order valence-electron chi connectivity index (χ1n) is 8.23. The number of H-pyrrole nitrogens is 1. The summed E-state index contributed by atoms with van der Waals surface area (Å²) in [4.78, 5) is 14.4. The number of hydrogen-bond acceptors (Lipinski definition) is 4. The van der Waals surface area contributed by atoms with Crippen LogP contribution in [-0.2, 0) is 6.54 Å². The van der Waals surface area contributed by atoms with Gasteiger partial charge in [-0.3, -0.25) is 5.10 Å². The number of aromatic amines is 1. The molecule has 0 unspecified atom stereocenters. The van der Waals surface area contributed by atoms with Crippen LogP contribution in [0.15, 0.2) is 30.5 Å². The van der Waals surface area contributed by atoms with Crippen LogP contribution in [-0.4, -0.2) is 40.9 Å². The Morgan fingerprint density at radius 3 is 3.00 bits per heavy atom. The zero-order chi connectivity index (χ0) is 16.4. The molecule has 1 saturated heterocycles. The van der Waals surface area contributed by atoms with E-state index in [9.17, 15) is 4.79 Å². The number of carbonyl (C=O) groups excluding carboxylic acids is 1. The highest BCUT2D eigenvalue weighted by atomic mass is 16.6. The summed E-state index contributed by atoms with van der Waals surface area (Å²) in [5, 5.41) is 9.68. The second-order valence-electron chi connectivity index (χ2n) is 6.00. The number of fused-ring (bicyclic) bond motifs is 1. The molecule has 0 spiro atoms. The minimum absolute atomic E-state index is 0.0537. The summed E-state index contributed by atoms with van der Waals surface area (Å²) in [5.74, 6) is 1.54. The minimum Gasteiger partial charge on any atom is -0.486 e. The third-order valence-electron chi connectivity index (χ3n) is 4.45. The molecule has 2 aromatic rings. The summed E-state index contributed by atoms with van der Waals surface area (Å²) in [6.45, 7) is 2.35. The number of ether oxygens (including phenoxy) is 2. The van der Waals surface area contributed by atoms with E-state index < -0.39 is 0 Å². The van der Waals surface area contributed by atoms with Crippen LogP contribution in [0.5, 0.6) is 11.5 Å². The lowest BCUT2D eigenvalue weighted by molar-refractivity contribution is 0.170. The molecule has 4 rings (SSSR count). The number of carbonyl (C=O) groups is 1. The number of nitrogens with zero attached hydrogens (tertiary/aromatic N) is 2. The van der Waals surface area contributed by atoms with E-state index in [4.69, 9.17) is 9.47 Å². The Morgan fingerprint density at radius 2 is 2.17 bits per heavy atom. The number of benzene rings is 1. The van der Waals surface area contributed by atoms with Crippen molar-refractivity contribution >= 4 is 6.03 Å². The van der Waals surface area contributed by atoms with Gasteiger partial charge >= 0.3 is 6.03 Å². The SMILES string of the molecule is O=C(NCc1ccn[nH]1)N1CCC[C@H]1c1ccc2c(c1)OCCO2. The van der Waals surface area contributed by atoms with Crippen molar-refractivity contribution in [3.05, 3.63) is 41.7 Å². The Balaban J connectivity index is 1.47. The second kappa shape index (κ2) is 6.43. The molecule has 2 N–H and O–H groups in total. The highest BCUT2D eigenvalue weighted by Crippen LogP contribution is 2.38. The van der Waals surface area contributed by atoms with Crippen molar-refractivity contribution in [2.24, 2.45) is 0 Å². The van der Waals surface area contributed by atoms with Crippen LogP contribution in [0, 0.1) is 0 Å². The summed E-state index contributed by atoms with van der Waals surface area (Å²) in [7, 11) is 0. The molecule has 1 fully saturated rings. The van der Waals surface area contributed by atoms with Gasteiger partial charge in [0.2, 0.25) is 0 Å². The average Bonchev–Trinajstić information content (AvgIpc) is 3.31. The molecular weight excluding hydrogens is 308 g/mol. The summed E-state index contributed by atoms with van der Waals surface area (Å²) in [5.41, 5.74) is 1.98. The fourth-order valence-electron chi connectivity index (χ4n) is 3.28.